The van der Waals surface area contributed by atoms with Gasteiger partial charge >= 0.3 is 0 Å². The van der Waals surface area contributed by atoms with E-state index in [0.29, 0.717) is 39.1 Å². The van der Waals surface area contributed by atoms with E-state index in [1.54, 1.807) is 36.4 Å². The molecule has 0 atom stereocenters. The van der Waals surface area contributed by atoms with Crippen LogP contribution in [0.25, 0.3) is 22.3 Å². The van der Waals surface area contributed by atoms with Crippen molar-refractivity contribution < 1.29 is 22.0 Å². The summed E-state index contributed by atoms with van der Waals surface area (Å²) in [4.78, 5) is 12.8. The van der Waals surface area contributed by atoms with Crippen LogP contribution in [0.4, 0.5) is 10.1 Å². The van der Waals surface area contributed by atoms with Gasteiger partial charge in [-0.1, -0.05) is 28.1 Å². The van der Waals surface area contributed by atoms with Crippen LogP contribution in [0.3, 0.4) is 0 Å². The van der Waals surface area contributed by atoms with Crippen LogP contribution in [0, 0.1) is 5.82 Å². The molecule has 6 nitrogen and oxygen atoms in total. The third-order valence-electron chi connectivity index (χ3n) is 5.95. The van der Waals surface area contributed by atoms with E-state index in [4.69, 9.17) is 4.42 Å². The van der Waals surface area contributed by atoms with Crippen molar-refractivity contribution in [2.75, 3.05) is 11.8 Å². The minimum Gasteiger partial charge on any atom is -0.455 e. The van der Waals surface area contributed by atoms with E-state index in [-0.39, 0.29) is 17.6 Å². The predicted octanol–water partition coefficient (Wildman–Crippen LogP) is 6.18. The number of hydrogen-bond acceptors (Lipinski definition) is 4. The maximum absolute atomic E-state index is 13.5. The van der Waals surface area contributed by atoms with E-state index >= 15 is 0 Å². The van der Waals surface area contributed by atoms with Crippen LogP contribution in [-0.2, 0) is 15.8 Å². The quantitative estimate of drug-likeness (QED) is 0.284. The van der Waals surface area contributed by atoms with Crippen LogP contribution >= 0.6 is 15.9 Å². The number of nitrogens with one attached hydrogen (secondary N) is 2. The third-order valence-corrected chi connectivity index (χ3v) is 7.69. The van der Waals surface area contributed by atoms with E-state index in [1.165, 1.54) is 19.2 Å². The first-order valence-corrected chi connectivity index (χ1v) is 13.5. The van der Waals surface area contributed by atoms with Crippen LogP contribution < -0.4 is 10.0 Å². The minimum atomic E-state index is -3.72. The van der Waals surface area contributed by atoms with Gasteiger partial charge in [-0.2, -0.15) is 0 Å². The largest absolute Gasteiger partial charge is 0.455 e. The van der Waals surface area contributed by atoms with Gasteiger partial charge < -0.3 is 9.73 Å². The van der Waals surface area contributed by atoms with Gasteiger partial charge in [0, 0.05) is 28.5 Å². The molecule has 0 bridgehead atoms. The molecule has 0 unspecified atom stereocenters. The fraction of sp³-hybridized carbons (Fsp3) is 0.192. The first-order valence-electron chi connectivity index (χ1n) is 11.1. The number of carbonyl (C=O) groups is 1. The molecule has 1 saturated carbocycles. The molecule has 0 radical (unpaired) electrons. The lowest BCUT2D eigenvalue weighted by molar-refractivity contribution is 0.0964. The maximum Gasteiger partial charge on any atom is 0.255 e. The molecule has 0 aliphatic heterocycles. The van der Waals surface area contributed by atoms with Crippen LogP contribution in [0.2, 0.25) is 0 Å². The molecular weight excluding hydrogens is 535 g/mol. The van der Waals surface area contributed by atoms with Crippen molar-refractivity contribution in [2.45, 2.75) is 24.5 Å². The Morgan fingerprint density at radius 2 is 1.86 bits per heavy atom. The first-order chi connectivity index (χ1) is 16.7. The molecule has 1 heterocycles. The molecule has 9 heteroatoms. The lowest BCUT2D eigenvalue weighted by Gasteiger charge is -2.13. The second-order valence-corrected chi connectivity index (χ2v) is 11.2. The number of carbonyl (C=O) groups excluding carboxylic acids is 1. The Balaban J connectivity index is 1.60. The molecule has 4 aromatic rings. The van der Waals surface area contributed by atoms with Gasteiger partial charge in [-0.05, 0) is 72.4 Å². The molecule has 1 aliphatic rings. The highest BCUT2D eigenvalue weighted by Gasteiger charge is 2.31. The summed E-state index contributed by atoms with van der Waals surface area (Å²) in [5.41, 5.74) is 3.17. The Hall–Kier alpha value is -3.17. The lowest BCUT2D eigenvalue weighted by atomic mass is 10.0. The van der Waals surface area contributed by atoms with Gasteiger partial charge in [0.15, 0.2) is 0 Å². The molecule has 180 valence electrons. The van der Waals surface area contributed by atoms with Crippen LogP contribution in [0.1, 0.15) is 40.2 Å². The van der Waals surface area contributed by atoms with Crippen molar-refractivity contribution in [3.63, 3.8) is 0 Å². The van der Waals surface area contributed by atoms with E-state index in [9.17, 15) is 17.6 Å². The topological polar surface area (TPSA) is 88.4 Å². The number of benzene rings is 3. The Labute approximate surface area is 210 Å². The highest BCUT2D eigenvalue weighted by molar-refractivity contribution is 9.10. The number of sulfonamides is 1. The molecule has 0 spiro atoms. The highest BCUT2D eigenvalue weighted by atomic mass is 79.9. The number of anilines is 1. The van der Waals surface area contributed by atoms with Crippen molar-refractivity contribution in [1.82, 2.24) is 5.32 Å². The molecule has 0 saturated heterocycles. The first kappa shape index (κ1) is 23.6. The summed E-state index contributed by atoms with van der Waals surface area (Å²) < 4.78 is 49.2. The molecule has 1 amide bonds. The molecule has 1 aliphatic carbocycles. The van der Waals surface area contributed by atoms with Crippen LogP contribution in [0.5, 0.6) is 0 Å². The number of fused-ring (bicyclic) bond motifs is 1. The van der Waals surface area contributed by atoms with Crippen molar-refractivity contribution >= 4 is 48.5 Å². The molecule has 5 rings (SSSR count). The third kappa shape index (κ3) is 4.97. The average Bonchev–Trinajstić information content (AvgIpc) is 3.58. The molecule has 1 aromatic heterocycles. The second kappa shape index (κ2) is 9.13. The summed E-state index contributed by atoms with van der Waals surface area (Å²) in [5, 5.41) is 3.23. The minimum absolute atomic E-state index is 0.183. The predicted molar refractivity (Wildman–Crippen MR) is 137 cm³/mol. The van der Waals surface area contributed by atoms with E-state index in [2.05, 4.69) is 26.0 Å². The second-order valence-electron chi connectivity index (χ2n) is 8.59. The van der Waals surface area contributed by atoms with Gasteiger partial charge in [0.05, 0.1) is 17.0 Å². The SMILES string of the molecule is CNC(=O)c1c(-c2ccc(F)cc2)oc2cc(NS(=O)(=O)Cc3cccc(Br)c3)c(C3CC3)cc12. The van der Waals surface area contributed by atoms with Crippen molar-refractivity contribution in [3.05, 3.63) is 87.6 Å². The van der Waals surface area contributed by atoms with Gasteiger partial charge in [-0.3, -0.25) is 9.52 Å². The average molecular weight is 557 g/mol. The standard InChI is InChI=1S/C26H22BrFN2O4S/c1-29-26(31)24-21-12-20(16-5-6-16)22(30-35(32,33)14-15-3-2-4-18(27)11-15)13-23(21)34-25(24)17-7-9-19(28)10-8-17/h2-4,7-13,16,30H,5-6,14H2,1H3,(H,29,31). The van der Waals surface area contributed by atoms with Gasteiger partial charge in [-0.25, -0.2) is 12.8 Å². The summed E-state index contributed by atoms with van der Waals surface area (Å²) in [6.45, 7) is 0. The summed E-state index contributed by atoms with van der Waals surface area (Å²) in [7, 11) is -2.19. The Morgan fingerprint density at radius 3 is 2.51 bits per heavy atom. The Morgan fingerprint density at radius 1 is 1.11 bits per heavy atom. The van der Waals surface area contributed by atoms with Gasteiger partial charge in [0.2, 0.25) is 10.0 Å². The molecule has 3 aromatic carbocycles. The van der Waals surface area contributed by atoms with Gasteiger partial charge in [0.1, 0.15) is 17.2 Å². The maximum atomic E-state index is 13.5. The van der Waals surface area contributed by atoms with E-state index < -0.39 is 15.8 Å². The monoisotopic (exact) mass is 556 g/mol. The summed E-state index contributed by atoms with van der Waals surface area (Å²) >= 11 is 3.37. The summed E-state index contributed by atoms with van der Waals surface area (Å²) in [6, 6.07) is 16.3. The number of amides is 1. The molecule has 1 fully saturated rings. The highest BCUT2D eigenvalue weighted by Crippen LogP contribution is 2.47. The zero-order chi connectivity index (χ0) is 24.7. The summed E-state index contributed by atoms with van der Waals surface area (Å²) in [6.07, 6.45) is 1.87. The smallest absolute Gasteiger partial charge is 0.255 e. The van der Waals surface area contributed by atoms with Crippen LogP contribution in [-0.4, -0.2) is 21.4 Å². The Bertz CT molecular complexity index is 1540. The van der Waals surface area contributed by atoms with Crippen molar-refractivity contribution in [1.29, 1.82) is 0 Å². The molecule has 35 heavy (non-hydrogen) atoms. The Kier molecular flexibility index (Phi) is 6.14. The lowest BCUT2D eigenvalue weighted by Crippen LogP contribution is -2.18. The van der Waals surface area contributed by atoms with Gasteiger partial charge in [-0.15, -0.1) is 0 Å². The normalized spacial score (nSPS) is 13.7. The van der Waals surface area contributed by atoms with Gasteiger partial charge in [0.25, 0.3) is 5.91 Å². The molecular formula is C26H22BrFN2O4S. The van der Waals surface area contributed by atoms with Crippen molar-refractivity contribution in [3.8, 4) is 11.3 Å². The fourth-order valence-electron chi connectivity index (χ4n) is 4.18. The van der Waals surface area contributed by atoms with E-state index in [0.717, 1.165) is 22.9 Å². The number of hydrogen-bond donors (Lipinski definition) is 2. The van der Waals surface area contributed by atoms with E-state index in [1.807, 2.05) is 12.1 Å². The van der Waals surface area contributed by atoms with Crippen molar-refractivity contribution in [2.24, 2.45) is 0 Å². The molecule has 2 N–H and O–H groups in total. The zero-order valence-corrected chi connectivity index (χ0v) is 21.2. The number of rotatable bonds is 7. The number of halogens is 2. The summed E-state index contributed by atoms with van der Waals surface area (Å²) in [5.74, 6) is -0.422. The zero-order valence-electron chi connectivity index (χ0n) is 18.8. The number of furan rings is 1. The fourth-order valence-corrected chi connectivity index (χ4v) is 5.83. The van der Waals surface area contributed by atoms with Crippen LogP contribution in [0.15, 0.2) is 69.6 Å².